The summed E-state index contributed by atoms with van der Waals surface area (Å²) in [5.74, 6) is -0.254. The highest BCUT2D eigenvalue weighted by Crippen LogP contribution is 2.29. The molecule has 0 saturated carbocycles. The van der Waals surface area contributed by atoms with Crippen molar-refractivity contribution in [2.24, 2.45) is 5.73 Å². The van der Waals surface area contributed by atoms with E-state index < -0.39 is 15.3 Å². The fraction of sp³-hybridized carbons (Fsp3) is 0.500. The van der Waals surface area contributed by atoms with Crippen LogP contribution in [0.15, 0.2) is 21.1 Å². The van der Waals surface area contributed by atoms with Gasteiger partial charge in [-0.05, 0) is 29.0 Å². The van der Waals surface area contributed by atoms with Crippen LogP contribution in [0.5, 0.6) is 0 Å². The number of sulfonamides is 1. The third kappa shape index (κ3) is 2.28. The topological polar surface area (TPSA) is 83.6 Å². The molecule has 1 aliphatic carbocycles. The second-order valence-electron chi connectivity index (χ2n) is 3.40. The molecule has 0 aromatic rings. The summed E-state index contributed by atoms with van der Waals surface area (Å²) in [5, 5.41) is 8.74. The van der Waals surface area contributed by atoms with Gasteiger partial charge in [0.15, 0.2) is 0 Å². The first-order valence-electron chi connectivity index (χ1n) is 4.24. The van der Waals surface area contributed by atoms with Gasteiger partial charge in [-0.15, -0.1) is 0 Å². The smallest absolute Gasteiger partial charge is 0.224 e. The normalized spacial score (nSPS) is 23.2. The van der Waals surface area contributed by atoms with E-state index in [0.717, 1.165) is 4.31 Å². The van der Waals surface area contributed by atoms with Gasteiger partial charge < -0.3 is 10.8 Å². The van der Waals surface area contributed by atoms with Crippen molar-refractivity contribution < 1.29 is 13.5 Å². The maximum absolute atomic E-state index is 11.8. The van der Waals surface area contributed by atoms with Crippen LogP contribution in [0.3, 0.4) is 0 Å². The summed E-state index contributed by atoms with van der Waals surface area (Å²) in [6.07, 6.45) is 1.96. The molecule has 3 N–H and O–H groups in total. The largest absolute Gasteiger partial charge is 0.509 e. The van der Waals surface area contributed by atoms with Crippen LogP contribution in [0.4, 0.5) is 0 Å². The Hall–Kier alpha value is -0.280. The molecule has 0 bridgehead atoms. The molecule has 7 heteroatoms. The van der Waals surface area contributed by atoms with E-state index in [1.807, 2.05) is 22.6 Å². The fourth-order valence-corrected chi connectivity index (χ4v) is 3.03. The molecule has 0 fully saturated rings. The number of aliphatic hydroxyl groups excluding tert-OH is 1. The molecule has 0 amide bonds. The number of nitrogens with zero attached hydrogens (tertiary/aromatic N) is 1. The number of aliphatic hydroxyl groups is 1. The van der Waals surface area contributed by atoms with E-state index in [9.17, 15) is 13.5 Å². The molecule has 86 valence electrons. The average Bonchev–Trinajstić information content (AvgIpc) is 2.13. The minimum atomic E-state index is -3.51. The molecule has 0 saturated heterocycles. The Morgan fingerprint density at radius 2 is 2.13 bits per heavy atom. The van der Waals surface area contributed by atoms with Crippen LogP contribution < -0.4 is 5.73 Å². The molecule has 5 nitrogen and oxygen atoms in total. The molecule has 15 heavy (non-hydrogen) atoms. The Kier molecular flexibility index (Phi) is 3.67. The van der Waals surface area contributed by atoms with Crippen molar-refractivity contribution in [3.63, 3.8) is 0 Å². The van der Waals surface area contributed by atoms with E-state index in [4.69, 9.17) is 5.73 Å². The first-order chi connectivity index (χ1) is 6.78. The summed E-state index contributed by atoms with van der Waals surface area (Å²) in [6.45, 7) is 0. The van der Waals surface area contributed by atoms with Crippen molar-refractivity contribution in [1.82, 2.24) is 4.31 Å². The van der Waals surface area contributed by atoms with E-state index in [2.05, 4.69) is 0 Å². The number of nitrogens with two attached hydrogens (primary N) is 1. The van der Waals surface area contributed by atoms with Crippen LogP contribution in [0, 0.1) is 0 Å². The van der Waals surface area contributed by atoms with Crippen LogP contribution >= 0.6 is 22.6 Å². The van der Waals surface area contributed by atoms with Crippen LogP contribution in [-0.4, -0.2) is 37.2 Å². The maximum Gasteiger partial charge on any atom is 0.224 e. The highest BCUT2D eigenvalue weighted by atomic mass is 127. The Morgan fingerprint density at radius 1 is 1.60 bits per heavy atom. The molecule has 0 heterocycles. The van der Waals surface area contributed by atoms with Gasteiger partial charge in [-0.1, -0.05) is 6.08 Å². The molecule has 0 aromatic heterocycles. The summed E-state index contributed by atoms with van der Waals surface area (Å²) in [4.78, 5) is 0. The summed E-state index contributed by atoms with van der Waals surface area (Å²) in [6, 6.07) is 0. The Bertz CT molecular complexity index is 425. The van der Waals surface area contributed by atoms with Gasteiger partial charge in [-0.3, -0.25) is 0 Å². The van der Waals surface area contributed by atoms with Gasteiger partial charge in [0.2, 0.25) is 10.0 Å². The van der Waals surface area contributed by atoms with Crippen LogP contribution in [-0.2, 0) is 10.0 Å². The van der Waals surface area contributed by atoms with Crippen molar-refractivity contribution in [3.8, 4) is 0 Å². The number of hydrogen-bond donors (Lipinski definition) is 2. The van der Waals surface area contributed by atoms with Crippen molar-refractivity contribution in [1.29, 1.82) is 0 Å². The van der Waals surface area contributed by atoms with Gasteiger partial charge in [0.05, 0.1) is 5.70 Å². The highest BCUT2D eigenvalue weighted by molar-refractivity contribution is 14.1. The quantitative estimate of drug-likeness (QED) is 0.723. The minimum absolute atomic E-state index is 0.150. The molecule has 1 unspecified atom stereocenters. The second-order valence-corrected chi connectivity index (χ2v) is 6.89. The van der Waals surface area contributed by atoms with Crippen molar-refractivity contribution in [3.05, 3.63) is 21.1 Å². The van der Waals surface area contributed by atoms with Gasteiger partial charge in [0.1, 0.15) is 11.0 Å². The van der Waals surface area contributed by atoms with E-state index >= 15 is 0 Å². The highest BCUT2D eigenvalue weighted by Gasteiger charge is 2.34. The molecular formula is C8H13IN2O3S. The van der Waals surface area contributed by atoms with Crippen molar-refractivity contribution in [2.45, 2.75) is 11.7 Å². The average molecular weight is 344 g/mol. The number of halogens is 1. The Balaban J connectivity index is 3.15. The van der Waals surface area contributed by atoms with Crippen molar-refractivity contribution in [2.75, 3.05) is 14.1 Å². The molecule has 1 aliphatic rings. The molecule has 1 atom stereocenters. The third-order valence-corrected chi connectivity index (χ3v) is 5.39. The Morgan fingerprint density at radius 3 is 2.60 bits per heavy atom. The zero-order valence-corrected chi connectivity index (χ0v) is 11.4. The fourth-order valence-electron chi connectivity index (χ4n) is 1.25. The first-order valence-corrected chi connectivity index (χ1v) is 6.82. The summed E-state index contributed by atoms with van der Waals surface area (Å²) in [5.41, 5.74) is 5.73. The monoisotopic (exact) mass is 344 g/mol. The van der Waals surface area contributed by atoms with Crippen LogP contribution in [0.1, 0.15) is 6.42 Å². The van der Waals surface area contributed by atoms with Crippen LogP contribution in [0.25, 0.3) is 0 Å². The lowest BCUT2D eigenvalue weighted by Gasteiger charge is -2.24. The standard InChI is InChI=1S/C8H13IN2O3S/c1-11(2)15(13,14)6-4-3-5(9)7(10)8(6)12/h3,6,12H,4,10H2,1-2H3. The predicted molar refractivity (Wildman–Crippen MR) is 67.0 cm³/mol. The molecule has 0 radical (unpaired) electrons. The Labute approximate surface area is 103 Å². The van der Waals surface area contributed by atoms with Gasteiger partial charge in [0, 0.05) is 17.7 Å². The SMILES string of the molecule is CN(C)S(=O)(=O)C1CC=C(I)C(N)=C1O. The summed E-state index contributed by atoms with van der Waals surface area (Å²) in [7, 11) is -0.643. The van der Waals surface area contributed by atoms with Gasteiger partial charge >= 0.3 is 0 Å². The van der Waals surface area contributed by atoms with E-state index in [1.54, 1.807) is 6.08 Å². The van der Waals surface area contributed by atoms with Gasteiger partial charge in [-0.25, -0.2) is 12.7 Å². The lowest BCUT2D eigenvalue weighted by molar-refractivity contribution is 0.373. The third-order valence-electron chi connectivity index (χ3n) is 2.22. The zero-order chi connectivity index (χ0) is 11.8. The number of hydrogen-bond acceptors (Lipinski definition) is 4. The lowest BCUT2D eigenvalue weighted by Crippen LogP contribution is -2.36. The van der Waals surface area contributed by atoms with Gasteiger partial charge in [0.25, 0.3) is 0 Å². The molecule has 1 rings (SSSR count). The summed E-state index contributed by atoms with van der Waals surface area (Å²) < 4.78 is 25.4. The summed E-state index contributed by atoms with van der Waals surface area (Å²) >= 11 is 1.96. The predicted octanol–water partition coefficient (Wildman–Crippen LogP) is 0.697. The zero-order valence-electron chi connectivity index (χ0n) is 8.44. The number of rotatable bonds is 2. The molecule has 0 aromatic carbocycles. The molecule has 0 aliphatic heterocycles. The van der Waals surface area contributed by atoms with Crippen LogP contribution in [0.2, 0.25) is 0 Å². The van der Waals surface area contributed by atoms with Gasteiger partial charge in [-0.2, -0.15) is 0 Å². The molecule has 0 spiro atoms. The van der Waals surface area contributed by atoms with E-state index in [-0.39, 0.29) is 17.9 Å². The number of allylic oxidation sites excluding steroid dienone is 2. The van der Waals surface area contributed by atoms with Crippen molar-refractivity contribution >= 4 is 32.6 Å². The maximum atomic E-state index is 11.8. The first kappa shape index (κ1) is 12.8. The van der Waals surface area contributed by atoms with E-state index in [1.165, 1.54) is 14.1 Å². The second kappa shape index (κ2) is 4.30. The lowest BCUT2D eigenvalue weighted by atomic mass is 10.1. The van der Waals surface area contributed by atoms with E-state index in [0.29, 0.717) is 3.58 Å². The minimum Gasteiger partial charge on any atom is -0.509 e. The molecular weight excluding hydrogens is 331 g/mol.